The van der Waals surface area contributed by atoms with Crippen molar-refractivity contribution in [1.29, 1.82) is 0 Å². The molecule has 0 atom stereocenters. The van der Waals surface area contributed by atoms with Crippen molar-refractivity contribution in [1.82, 2.24) is 14.5 Å². The molecule has 150 valence electrons. The molecule has 0 saturated carbocycles. The van der Waals surface area contributed by atoms with E-state index in [1.54, 1.807) is 12.1 Å². The number of ether oxygens (including phenoxy) is 2. The highest BCUT2D eigenvalue weighted by Crippen LogP contribution is 2.29. The summed E-state index contributed by atoms with van der Waals surface area (Å²) in [6, 6.07) is 11.5. The number of amides is 1. The molecule has 1 aliphatic rings. The summed E-state index contributed by atoms with van der Waals surface area (Å²) < 4.78 is 12.0. The molecule has 29 heavy (non-hydrogen) atoms. The molecule has 1 amide bonds. The van der Waals surface area contributed by atoms with Crippen LogP contribution in [-0.2, 0) is 24.3 Å². The fourth-order valence-corrected chi connectivity index (χ4v) is 3.73. The van der Waals surface area contributed by atoms with Crippen LogP contribution in [0.2, 0.25) is 0 Å². The molecular weight excluding hydrogens is 370 g/mol. The largest absolute Gasteiger partial charge is 0.493 e. The number of methoxy groups -OCH3 is 2. The van der Waals surface area contributed by atoms with Crippen molar-refractivity contribution in [3.8, 4) is 11.5 Å². The molecule has 3 aromatic rings. The van der Waals surface area contributed by atoms with Crippen LogP contribution >= 0.6 is 0 Å². The maximum atomic E-state index is 12.9. The number of carbonyl (C=O) groups excluding carboxylic acids is 1. The summed E-state index contributed by atoms with van der Waals surface area (Å²) in [5, 5.41) is 0.435. The van der Waals surface area contributed by atoms with Crippen LogP contribution in [0.15, 0.2) is 47.5 Å². The molecule has 1 aliphatic heterocycles. The zero-order chi connectivity index (χ0) is 20.4. The molecule has 7 heteroatoms. The van der Waals surface area contributed by atoms with Gasteiger partial charge in [0.1, 0.15) is 0 Å². The van der Waals surface area contributed by atoms with Gasteiger partial charge in [0, 0.05) is 32.1 Å². The van der Waals surface area contributed by atoms with Gasteiger partial charge in [-0.1, -0.05) is 24.3 Å². The van der Waals surface area contributed by atoms with Crippen LogP contribution in [0.4, 0.5) is 0 Å². The van der Waals surface area contributed by atoms with E-state index in [-0.39, 0.29) is 24.4 Å². The van der Waals surface area contributed by atoms with E-state index in [0.717, 1.165) is 6.42 Å². The lowest BCUT2D eigenvalue weighted by molar-refractivity contribution is -0.132. The fourth-order valence-electron chi connectivity index (χ4n) is 3.73. The van der Waals surface area contributed by atoms with E-state index in [2.05, 4.69) is 17.1 Å². The Morgan fingerprint density at radius 2 is 1.83 bits per heavy atom. The number of aryl methyl sites for hydroxylation is 1. The van der Waals surface area contributed by atoms with Gasteiger partial charge in [-0.2, -0.15) is 0 Å². The lowest BCUT2D eigenvalue weighted by Crippen LogP contribution is -2.36. The van der Waals surface area contributed by atoms with E-state index in [0.29, 0.717) is 35.5 Å². The Morgan fingerprint density at radius 3 is 2.59 bits per heavy atom. The Balaban J connectivity index is 1.50. The number of fused-ring (bicyclic) bond motifs is 2. The molecule has 0 spiro atoms. The van der Waals surface area contributed by atoms with Crippen LogP contribution in [0.5, 0.6) is 11.5 Å². The highest BCUT2D eigenvalue weighted by molar-refractivity contribution is 5.81. The van der Waals surface area contributed by atoms with Gasteiger partial charge in [0.05, 0.1) is 31.4 Å². The third-order valence-electron chi connectivity index (χ3n) is 5.38. The summed E-state index contributed by atoms with van der Waals surface area (Å²) in [7, 11) is 3.06. The van der Waals surface area contributed by atoms with E-state index in [1.165, 1.54) is 36.2 Å². The Labute approximate surface area is 168 Å². The van der Waals surface area contributed by atoms with Gasteiger partial charge in [0.2, 0.25) is 5.91 Å². The number of carbonyl (C=O) groups is 1. The van der Waals surface area contributed by atoms with Gasteiger partial charge in [0.15, 0.2) is 11.5 Å². The molecular formula is C22H23N3O4. The molecule has 0 bridgehead atoms. The van der Waals surface area contributed by atoms with E-state index < -0.39 is 0 Å². The molecule has 0 N–H and O–H groups in total. The monoisotopic (exact) mass is 393 g/mol. The summed E-state index contributed by atoms with van der Waals surface area (Å²) in [5.74, 6) is 1.03. The Bertz CT molecular complexity index is 1120. The molecule has 0 radical (unpaired) electrons. The van der Waals surface area contributed by atoms with Gasteiger partial charge in [-0.25, -0.2) is 4.98 Å². The first-order valence-electron chi connectivity index (χ1n) is 9.56. The van der Waals surface area contributed by atoms with Crippen LogP contribution < -0.4 is 15.0 Å². The van der Waals surface area contributed by atoms with Gasteiger partial charge in [0.25, 0.3) is 5.56 Å². The van der Waals surface area contributed by atoms with Gasteiger partial charge in [-0.05, 0) is 23.6 Å². The van der Waals surface area contributed by atoms with Crippen LogP contribution in [0.3, 0.4) is 0 Å². The van der Waals surface area contributed by atoms with E-state index in [1.807, 2.05) is 17.0 Å². The fraction of sp³-hybridized carbons (Fsp3) is 0.318. The van der Waals surface area contributed by atoms with Gasteiger partial charge in [-0.15, -0.1) is 0 Å². The number of nitrogens with zero attached hydrogens (tertiary/aromatic N) is 3. The molecule has 0 aliphatic carbocycles. The lowest BCUT2D eigenvalue weighted by Gasteiger charge is -2.29. The summed E-state index contributed by atoms with van der Waals surface area (Å²) in [5.41, 5.74) is 2.82. The van der Waals surface area contributed by atoms with Crippen molar-refractivity contribution >= 4 is 16.8 Å². The number of benzene rings is 2. The number of aromatic nitrogens is 2. The zero-order valence-electron chi connectivity index (χ0n) is 16.6. The maximum Gasteiger partial charge on any atom is 0.261 e. The van der Waals surface area contributed by atoms with Gasteiger partial charge < -0.3 is 14.4 Å². The minimum Gasteiger partial charge on any atom is -0.493 e. The first kappa shape index (κ1) is 19.0. The van der Waals surface area contributed by atoms with Crippen LogP contribution in [0, 0.1) is 0 Å². The van der Waals surface area contributed by atoms with Crippen molar-refractivity contribution in [3.63, 3.8) is 0 Å². The SMILES string of the molecule is COc1cc2ncn(CCC(=O)N3CCc4ccccc4C3)c(=O)c2cc1OC. The smallest absolute Gasteiger partial charge is 0.261 e. The number of hydrogen-bond donors (Lipinski definition) is 0. The van der Waals surface area contributed by atoms with Gasteiger partial charge >= 0.3 is 0 Å². The predicted molar refractivity (Wildman–Crippen MR) is 109 cm³/mol. The van der Waals surface area contributed by atoms with Crippen molar-refractivity contribution < 1.29 is 14.3 Å². The van der Waals surface area contributed by atoms with Crippen molar-refractivity contribution in [2.45, 2.75) is 25.9 Å². The second-order valence-corrected chi connectivity index (χ2v) is 7.05. The Kier molecular flexibility index (Phi) is 5.20. The summed E-state index contributed by atoms with van der Waals surface area (Å²) >= 11 is 0. The first-order valence-corrected chi connectivity index (χ1v) is 9.56. The Morgan fingerprint density at radius 1 is 1.10 bits per heavy atom. The second-order valence-electron chi connectivity index (χ2n) is 7.05. The average molecular weight is 393 g/mol. The van der Waals surface area contributed by atoms with E-state index in [4.69, 9.17) is 9.47 Å². The van der Waals surface area contributed by atoms with E-state index in [9.17, 15) is 9.59 Å². The maximum absolute atomic E-state index is 12.9. The van der Waals surface area contributed by atoms with Crippen LogP contribution in [-0.4, -0.2) is 41.1 Å². The zero-order valence-corrected chi connectivity index (χ0v) is 16.6. The second kappa shape index (κ2) is 7.95. The third-order valence-corrected chi connectivity index (χ3v) is 5.38. The molecule has 2 aromatic carbocycles. The normalized spacial score (nSPS) is 13.2. The van der Waals surface area contributed by atoms with Gasteiger partial charge in [-0.3, -0.25) is 14.2 Å². The topological polar surface area (TPSA) is 73.7 Å². The molecule has 2 heterocycles. The van der Waals surface area contributed by atoms with E-state index >= 15 is 0 Å². The summed E-state index contributed by atoms with van der Waals surface area (Å²) in [6.45, 7) is 1.61. The van der Waals surface area contributed by atoms with Crippen molar-refractivity contribution in [2.75, 3.05) is 20.8 Å². The quantitative estimate of drug-likeness (QED) is 0.666. The number of rotatable bonds is 5. The summed E-state index contributed by atoms with van der Waals surface area (Å²) in [6.07, 6.45) is 2.60. The minimum absolute atomic E-state index is 0.0406. The minimum atomic E-state index is -0.201. The highest BCUT2D eigenvalue weighted by Gasteiger charge is 2.20. The standard InChI is InChI=1S/C22H23N3O4/c1-28-19-11-17-18(12-20(19)29-2)23-14-25(22(17)27)10-8-21(26)24-9-7-15-5-3-4-6-16(15)13-24/h3-6,11-12,14H,7-10,13H2,1-2H3. The van der Waals surface area contributed by atoms with Crippen LogP contribution in [0.1, 0.15) is 17.5 Å². The van der Waals surface area contributed by atoms with Crippen molar-refractivity contribution in [2.24, 2.45) is 0 Å². The lowest BCUT2D eigenvalue weighted by atomic mass is 10.00. The molecule has 0 unspecified atom stereocenters. The molecule has 7 nitrogen and oxygen atoms in total. The molecule has 0 fully saturated rings. The first-order chi connectivity index (χ1) is 14.1. The third kappa shape index (κ3) is 3.68. The average Bonchev–Trinajstić information content (AvgIpc) is 2.77. The van der Waals surface area contributed by atoms with Crippen molar-refractivity contribution in [3.05, 3.63) is 64.2 Å². The molecule has 0 saturated heterocycles. The summed E-state index contributed by atoms with van der Waals surface area (Å²) in [4.78, 5) is 31.7. The Hall–Kier alpha value is -3.35. The molecule has 4 rings (SSSR count). The molecule has 1 aromatic heterocycles. The highest BCUT2D eigenvalue weighted by atomic mass is 16.5. The number of hydrogen-bond acceptors (Lipinski definition) is 5. The van der Waals surface area contributed by atoms with Crippen LogP contribution in [0.25, 0.3) is 10.9 Å². The predicted octanol–water partition coefficient (Wildman–Crippen LogP) is 2.39.